The molecule has 4 fully saturated rings. The van der Waals surface area contributed by atoms with Crippen molar-refractivity contribution in [2.75, 3.05) is 26.2 Å². The maximum atomic E-state index is 13.1. The Morgan fingerprint density at radius 3 is 2.60 bits per heavy atom. The molecule has 2 aliphatic carbocycles. The molecule has 2 aromatic rings. The Morgan fingerprint density at radius 2 is 1.84 bits per heavy atom. The Labute approximate surface area is 258 Å². The molecule has 1 atom stereocenters. The Bertz CT molecular complexity index is 1510. The predicted molar refractivity (Wildman–Crippen MR) is 166 cm³/mol. The van der Waals surface area contributed by atoms with Gasteiger partial charge in [0, 0.05) is 48.6 Å². The topological polar surface area (TPSA) is 79.0 Å². The molecule has 8 heteroatoms. The molecule has 3 amide bonds. The second-order valence-corrected chi connectivity index (χ2v) is 14.8. The minimum absolute atomic E-state index is 0.155. The van der Waals surface area contributed by atoms with Crippen LogP contribution in [0.5, 0.6) is 5.75 Å². The highest BCUT2D eigenvalue weighted by molar-refractivity contribution is 6.30. The van der Waals surface area contributed by atoms with Crippen LogP contribution in [-0.4, -0.2) is 59.8 Å². The zero-order valence-corrected chi connectivity index (χ0v) is 25.8. The van der Waals surface area contributed by atoms with E-state index >= 15 is 0 Å². The van der Waals surface area contributed by atoms with E-state index < -0.39 is 6.04 Å². The van der Waals surface area contributed by atoms with Crippen molar-refractivity contribution >= 4 is 34.9 Å². The van der Waals surface area contributed by atoms with Gasteiger partial charge in [-0.1, -0.05) is 43.2 Å². The Kier molecular flexibility index (Phi) is 7.17. The fourth-order valence-corrected chi connectivity index (χ4v) is 8.35. The molecular weight excluding hydrogens is 562 g/mol. The molecule has 1 saturated carbocycles. The fourth-order valence-electron chi connectivity index (χ4n) is 8.22. The monoisotopic (exact) mass is 601 g/mol. The molecular formula is C35H40ClN3O4. The van der Waals surface area contributed by atoms with Crippen molar-refractivity contribution in [1.82, 2.24) is 15.1 Å². The number of nitrogens with zero attached hydrogens (tertiary/aromatic N) is 2. The molecule has 4 heterocycles. The minimum atomic E-state index is -0.605. The largest absolute Gasteiger partial charge is 0.493 e. The molecule has 1 unspecified atom stereocenters. The van der Waals surface area contributed by atoms with Crippen molar-refractivity contribution in [3.63, 3.8) is 0 Å². The number of benzene rings is 2. The fraction of sp³-hybridized carbons (Fsp3) is 0.514. The highest BCUT2D eigenvalue weighted by Crippen LogP contribution is 2.51. The molecule has 2 bridgehead atoms. The number of piperidine rings is 3. The van der Waals surface area contributed by atoms with Gasteiger partial charge in [0.15, 0.2) is 0 Å². The van der Waals surface area contributed by atoms with Crippen molar-refractivity contribution in [2.45, 2.75) is 71.4 Å². The van der Waals surface area contributed by atoms with Gasteiger partial charge in [-0.3, -0.25) is 24.6 Å². The third-order valence-electron chi connectivity index (χ3n) is 10.4. The number of hydrogen-bond donors (Lipinski definition) is 1. The van der Waals surface area contributed by atoms with E-state index in [0.29, 0.717) is 30.6 Å². The van der Waals surface area contributed by atoms with E-state index in [4.69, 9.17) is 16.3 Å². The highest BCUT2D eigenvalue weighted by atomic mass is 35.5. The Hall–Kier alpha value is -3.16. The van der Waals surface area contributed by atoms with E-state index in [1.165, 1.54) is 30.4 Å². The number of nitrogens with one attached hydrogen (secondary N) is 1. The molecule has 3 saturated heterocycles. The van der Waals surface area contributed by atoms with Gasteiger partial charge in [-0.15, -0.1) is 0 Å². The van der Waals surface area contributed by atoms with Crippen LogP contribution < -0.4 is 10.1 Å². The first-order valence-electron chi connectivity index (χ1n) is 15.7. The normalized spacial score (nSPS) is 28.4. The molecule has 0 aromatic heterocycles. The van der Waals surface area contributed by atoms with Crippen LogP contribution >= 0.6 is 11.6 Å². The maximum Gasteiger partial charge on any atom is 0.255 e. The van der Waals surface area contributed by atoms with Crippen LogP contribution in [0.15, 0.2) is 48.0 Å². The lowest BCUT2D eigenvalue weighted by Crippen LogP contribution is -2.59. The quantitative estimate of drug-likeness (QED) is 0.403. The van der Waals surface area contributed by atoms with Gasteiger partial charge >= 0.3 is 0 Å². The molecule has 7 nitrogen and oxygen atoms in total. The number of ether oxygens (including phenoxy) is 1. The lowest BCUT2D eigenvalue weighted by Gasteiger charge is -2.56. The SMILES string of the molecule is CC1(C)CCC(CN2CC3CC(COc4ccc5c(c4)CN(C4CCC(=O)NC4=O)C5=O)(C3)C2)=C(c2ccc(Cl)cc2)C1. The molecule has 1 N–H and O–H groups in total. The van der Waals surface area contributed by atoms with E-state index in [1.54, 1.807) is 10.5 Å². The molecule has 226 valence electrons. The summed E-state index contributed by atoms with van der Waals surface area (Å²) in [6.45, 7) is 8.99. The van der Waals surface area contributed by atoms with Gasteiger partial charge in [0.1, 0.15) is 11.8 Å². The molecule has 43 heavy (non-hydrogen) atoms. The molecule has 2 aromatic carbocycles. The van der Waals surface area contributed by atoms with Crippen molar-refractivity contribution in [3.05, 3.63) is 69.8 Å². The first-order chi connectivity index (χ1) is 20.6. The van der Waals surface area contributed by atoms with Gasteiger partial charge in [-0.05, 0) is 96.9 Å². The number of carbonyl (C=O) groups is 3. The second kappa shape index (κ2) is 10.8. The summed E-state index contributed by atoms with van der Waals surface area (Å²) in [4.78, 5) is 41.3. The minimum Gasteiger partial charge on any atom is -0.493 e. The zero-order chi connectivity index (χ0) is 29.9. The number of imide groups is 1. The smallest absolute Gasteiger partial charge is 0.255 e. The Morgan fingerprint density at radius 1 is 1.05 bits per heavy atom. The lowest BCUT2D eigenvalue weighted by molar-refractivity contribution is -0.136. The van der Waals surface area contributed by atoms with Crippen LogP contribution in [0.3, 0.4) is 0 Å². The summed E-state index contributed by atoms with van der Waals surface area (Å²) < 4.78 is 6.43. The third-order valence-corrected chi connectivity index (χ3v) is 10.6. The number of carbonyl (C=O) groups excluding carboxylic acids is 3. The second-order valence-electron chi connectivity index (χ2n) is 14.4. The zero-order valence-electron chi connectivity index (χ0n) is 25.1. The van der Waals surface area contributed by atoms with Crippen molar-refractivity contribution in [1.29, 1.82) is 0 Å². The van der Waals surface area contributed by atoms with Gasteiger partial charge in [0.25, 0.3) is 5.91 Å². The number of allylic oxidation sites excluding steroid dienone is 1. The molecule has 4 aliphatic heterocycles. The maximum absolute atomic E-state index is 13.1. The van der Waals surface area contributed by atoms with Crippen molar-refractivity contribution in [3.8, 4) is 5.75 Å². The van der Waals surface area contributed by atoms with Crippen molar-refractivity contribution < 1.29 is 19.1 Å². The first kappa shape index (κ1) is 28.6. The summed E-state index contributed by atoms with van der Waals surface area (Å²) in [6.07, 6.45) is 6.47. The molecule has 6 aliphatic rings. The van der Waals surface area contributed by atoms with Crippen LogP contribution in [0.1, 0.15) is 80.3 Å². The summed E-state index contributed by atoms with van der Waals surface area (Å²) in [6, 6.07) is 13.4. The van der Waals surface area contributed by atoms with Crippen LogP contribution in [-0.2, 0) is 16.1 Å². The van der Waals surface area contributed by atoms with Gasteiger partial charge < -0.3 is 9.64 Å². The summed E-state index contributed by atoms with van der Waals surface area (Å²) in [5.74, 6) is 0.673. The van der Waals surface area contributed by atoms with E-state index in [2.05, 4.69) is 36.2 Å². The number of amides is 3. The summed E-state index contributed by atoms with van der Waals surface area (Å²) in [7, 11) is 0. The number of halogens is 1. The summed E-state index contributed by atoms with van der Waals surface area (Å²) >= 11 is 6.21. The summed E-state index contributed by atoms with van der Waals surface area (Å²) in [5.41, 5.74) is 6.33. The lowest BCUT2D eigenvalue weighted by atomic mass is 9.59. The molecule has 8 rings (SSSR count). The third kappa shape index (κ3) is 5.62. The highest BCUT2D eigenvalue weighted by Gasteiger charge is 2.50. The van der Waals surface area contributed by atoms with E-state index in [0.717, 1.165) is 54.7 Å². The van der Waals surface area contributed by atoms with Crippen LogP contribution in [0.25, 0.3) is 5.57 Å². The predicted octanol–water partition coefficient (Wildman–Crippen LogP) is 5.86. The van der Waals surface area contributed by atoms with Gasteiger partial charge in [-0.25, -0.2) is 0 Å². The number of rotatable bonds is 7. The summed E-state index contributed by atoms with van der Waals surface area (Å²) in [5, 5.41) is 3.15. The van der Waals surface area contributed by atoms with Crippen LogP contribution in [0, 0.1) is 16.7 Å². The Balaban J connectivity index is 1.01. The standard InChI is InChI=1S/C35H40ClN3O4/c1-34(2)12-11-24(29(16-34)23-3-5-26(36)6-4-23)18-38-17-22-14-35(15-22,20-38)21-43-27-7-8-28-25(13-27)19-39(33(28)42)30-9-10-31(40)37-32(30)41/h3-8,13,22,30H,9-12,14-21H2,1-2H3,(H,37,40,41). The van der Waals surface area contributed by atoms with Gasteiger partial charge in [0.05, 0.1) is 6.61 Å². The average Bonchev–Trinajstić information content (AvgIpc) is 3.28. The van der Waals surface area contributed by atoms with Crippen molar-refractivity contribution in [2.24, 2.45) is 16.7 Å². The number of hydrogen-bond acceptors (Lipinski definition) is 5. The van der Waals surface area contributed by atoms with E-state index in [1.807, 2.05) is 30.3 Å². The van der Waals surface area contributed by atoms with Crippen LogP contribution in [0.2, 0.25) is 5.02 Å². The van der Waals surface area contributed by atoms with E-state index in [-0.39, 0.29) is 29.6 Å². The molecule has 0 radical (unpaired) electrons. The number of fused-ring (bicyclic) bond motifs is 3. The van der Waals surface area contributed by atoms with Crippen LogP contribution in [0.4, 0.5) is 0 Å². The first-order valence-corrected chi connectivity index (χ1v) is 16.0. The average molecular weight is 602 g/mol. The van der Waals surface area contributed by atoms with Gasteiger partial charge in [-0.2, -0.15) is 0 Å². The molecule has 0 spiro atoms. The van der Waals surface area contributed by atoms with Gasteiger partial charge in [0.2, 0.25) is 11.8 Å². The van der Waals surface area contributed by atoms with E-state index in [9.17, 15) is 14.4 Å².